The van der Waals surface area contributed by atoms with Crippen molar-refractivity contribution in [1.82, 2.24) is 0 Å². The topological polar surface area (TPSA) is 110 Å². The third-order valence-electron chi connectivity index (χ3n) is 3.41. The minimum atomic E-state index is -0.945. The highest BCUT2D eigenvalue weighted by Gasteiger charge is 2.50. The van der Waals surface area contributed by atoms with Gasteiger partial charge in [-0.15, -0.1) is 0 Å². The summed E-state index contributed by atoms with van der Waals surface area (Å²) in [5.41, 5.74) is 0. The van der Waals surface area contributed by atoms with Gasteiger partial charge in [-0.3, -0.25) is 0 Å². The van der Waals surface area contributed by atoms with Crippen LogP contribution in [0.2, 0.25) is 0 Å². The monoisotopic (exact) mass is 346 g/mol. The van der Waals surface area contributed by atoms with Crippen LogP contribution in [0, 0.1) is 5.92 Å². The summed E-state index contributed by atoms with van der Waals surface area (Å²) in [6, 6.07) is 0. The molecule has 5 N–H and O–H groups in total. The van der Waals surface area contributed by atoms with E-state index in [4.69, 9.17) is 4.74 Å². The molecule has 6 nitrogen and oxygen atoms in total. The van der Waals surface area contributed by atoms with Crippen LogP contribution in [0.1, 0.15) is 13.8 Å². The molecule has 6 atom stereocenters. The molecule has 8 heteroatoms. The number of aliphatic hydroxyl groups excluding tert-OH is 5. The summed E-state index contributed by atoms with van der Waals surface area (Å²) >= 11 is 0. The molecule has 0 saturated carbocycles. The predicted octanol–water partition coefficient (Wildman–Crippen LogP) is -4.90. The Morgan fingerprint density at radius 3 is 2.33 bits per heavy atom. The van der Waals surface area contributed by atoms with Crippen molar-refractivity contribution in [3.05, 3.63) is 0 Å². The fraction of sp³-hybridized carbons (Fsp3) is 1.00. The van der Waals surface area contributed by atoms with Crippen molar-refractivity contribution in [2.75, 3.05) is 31.3 Å². The fourth-order valence-electron chi connectivity index (χ4n) is 2.22. The molecular formula is C13H27ClO6S. The maximum absolute atomic E-state index is 10.1. The molecule has 1 unspecified atom stereocenters. The normalized spacial score (nSPS) is 32.0. The number of hydrogen-bond acceptors (Lipinski definition) is 6. The Balaban J connectivity index is 0.00000400. The maximum atomic E-state index is 10.1. The number of aliphatic hydroxyl groups is 5. The van der Waals surface area contributed by atoms with E-state index in [0.29, 0.717) is 24.0 Å². The molecule has 1 fully saturated rings. The highest BCUT2D eigenvalue weighted by molar-refractivity contribution is 7.97. The lowest BCUT2D eigenvalue weighted by molar-refractivity contribution is -0.0623. The number of hydrogen-bond donors (Lipinski definition) is 5. The van der Waals surface area contributed by atoms with Gasteiger partial charge in [0, 0.05) is 17.5 Å². The van der Waals surface area contributed by atoms with Gasteiger partial charge in [0.1, 0.15) is 35.9 Å². The molecule has 0 bridgehead atoms. The van der Waals surface area contributed by atoms with Crippen LogP contribution in [0.3, 0.4) is 0 Å². The number of halogens is 1. The van der Waals surface area contributed by atoms with Crippen LogP contribution < -0.4 is 12.4 Å². The first-order valence-corrected chi connectivity index (χ1v) is 8.57. The van der Waals surface area contributed by atoms with E-state index in [1.807, 2.05) is 13.8 Å². The quantitative estimate of drug-likeness (QED) is 0.282. The van der Waals surface area contributed by atoms with Crippen molar-refractivity contribution in [2.24, 2.45) is 5.92 Å². The van der Waals surface area contributed by atoms with E-state index in [2.05, 4.69) is 0 Å². The van der Waals surface area contributed by atoms with Gasteiger partial charge in [-0.1, -0.05) is 13.8 Å². The van der Waals surface area contributed by atoms with Crippen LogP contribution in [0.5, 0.6) is 0 Å². The molecule has 0 spiro atoms. The molecule has 1 rings (SSSR count). The standard InChI is InChI=1S/C13H27O6S.ClH/c1-8(2)5-19-11(3-14)9(16)6-20-7-10(17)13(18)12(20)4-15;/h8-18H,3-7H2,1-2H3;1H/q+1;/p-1/t9-,10-,11+,12-,13+,20?;/m1./s1. The van der Waals surface area contributed by atoms with Gasteiger partial charge >= 0.3 is 0 Å². The van der Waals surface area contributed by atoms with E-state index in [-0.39, 0.29) is 25.6 Å². The Morgan fingerprint density at radius 2 is 1.86 bits per heavy atom. The van der Waals surface area contributed by atoms with Crippen LogP contribution in [-0.4, -0.2) is 86.5 Å². The van der Waals surface area contributed by atoms with Crippen LogP contribution in [0.15, 0.2) is 0 Å². The second-order valence-corrected chi connectivity index (χ2v) is 8.01. The predicted molar refractivity (Wildman–Crippen MR) is 77.7 cm³/mol. The summed E-state index contributed by atoms with van der Waals surface area (Å²) in [5.74, 6) is 0.980. The van der Waals surface area contributed by atoms with Gasteiger partial charge in [0.15, 0.2) is 5.25 Å². The van der Waals surface area contributed by atoms with E-state index < -0.39 is 40.6 Å². The Morgan fingerprint density at radius 1 is 1.24 bits per heavy atom. The van der Waals surface area contributed by atoms with E-state index in [1.54, 1.807) is 0 Å². The molecule has 1 aliphatic heterocycles. The average Bonchev–Trinajstić information content (AvgIpc) is 2.64. The first-order chi connectivity index (χ1) is 9.40. The van der Waals surface area contributed by atoms with E-state index in [1.165, 1.54) is 0 Å². The van der Waals surface area contributed by atoms with Crippen LogP contribution in [0.4, 0.5) is 0 Å². The second kappa shape index (κ2) is 10.2. The lowest BCUT2D eigenvalue weighted by Gasteiger charge is -2.22. The van der Waals surface area contributed by atoms with Crippen molar-refractivity contribution in [1.29, 1.82) is 0 Å². The van der Waals surface area contributed by atoms with E-state index in [0.717, 1.165) is 0 Å². The largest absolute Gasteiger partial charge is 1.00 e. The molecule has 0 radical (unpaired) electrons. The first kappa shape index (κ1) is 21.4. The molecule has 1 saturated heterocycles. The number of ether oxygens (including phenoxy) is 1. The van der Waals surface area contributed by atoms with E-state index >= 15 is 0 Å². The number of rotatable bonds is 8. The summed E-state index contributed by atoms with van der Waals surface area (Å²) in [6.45, 7) is 3.91. The summed E-state index contributed by atoms with van der Waals surface area (Å²) in [6.07, 6.45) is -3.33. The van der Waals surface area contributed by atoms with Crippen molar-refractivity contribution in [2.45, 2.75) is 43.5 Å². The smallest absolute Gasteiger partial charge is 0.169 e. The minimum absolute atomic E-state index is 0. The molecule has 0 aromatic rings. The highest BCUT2D eigenvalue weighted by atomic mass is 35.5. The van der Waals surface area contributed by atoms with Crippen molar-refractivity contribution in [3.8, 4) is 0 Å². The Labute approximate surface area is 134 Å². The van der Waals surface area contributed by atoms with Gasteiger partial charge < -0.3 is 42.7 Å². The van der Waals surface area contributed by atoms with Crippen LogP contribution in [-0.2, 0) is 15.6 Å². The highest BCUT2D eigenvalue weighted by Crippen LogP contribution is 2.25. The molecule has 0 aromatic carbocycles. The molecule has 128 valence electrons. The van der Waals surface area contributed by atoms with Crippen LogP contribution in [0.25, 0.3) is 0 Å². The maximum Gasteiger partial charge on any atom is 0.169 e. The summed E-state index contributed by atoms with van der Waals surface area (Å²) < 4.78 is 5.46. The van der Waals surface area contributed by atoms with Gasteiger partial charge in [-0.25, -0.2) is 0 Å². The molecule has 0 aromatic heterocycles. The van der Waals surface area contributed by atoms with Gasteiger partial charge in [-0.05, 0) is 5.92 Å². The van der Waals surface area contributed by atoms with Gasteiger partial charge in [-0.2, -0.15) is 0 Å². The van der Waals surface area contributed by atoms with Gasteiger partial charge in [0.2, 0.25) is 0 Å². The molecule has 0 amide bonds. The second-order valence-electron chi connectivity index (χ2n) is 5.67. The molecule has 0 aliphatic carbocycles. The molecular weight excluding hydrogens is 320 g/mol. The first-order valence-electron chi connectivity index (χ1n) is 6.94. The third-order valence-corrected chi connectivity index (χ3v) is 6.23. The van der Waals surface area contributed by atoms with Crippen molar-refractivity contribution < 1.29 is 42.7 Å². The molecule has 1 aliphatic rings. The van der Waals surface area contributed by atoms with E-state index in [9.17, 15) is 25.5 Å². The molecule has 1 heterocycles. The lowest BCUT2D eigenvalue weighted by atomic mass is 10.2. The SMILES string of the molecule is CC(C)CO[C@@H](CO)[C@H](O)C[S+]1C[C@@H](O)[C@H](O)[C@H]1CO.[Cl-]. The molecule has 21 heavy (non-hydrogen) atoms. The zero-order valence-corrected chi connectivity index (χ0v) is 14.0. The average molecular weight is 347 g/mol. The zero-order chi connectivity index (χ0) is 15.3. The van der Waals surface area contributed by atoms with Crippen LogP contribution >= 0.6 is 0 Å². The van der Waals surface area contributed by atoms with Crippen molar-refractivity contribution in [3.63, 3.8) is 0 Å². The van der Waals surface area contributed by atoms with Crippen molar-refractivity contribution >= 4 is 10.9 Å². The Hall–Kier alpha value is 0.400. The summed E-state index contributed by atoms with van der Waals surface area (Å²) in [5, 5.41) is 47.7. The summed E-state index contributed by atoms with van der Waals surface area (Å²) in [4.78, 5) is 0. The zero-order valence-electron chi connectivity index (χ0n) is 12.4. The van der Waals surface area contributed by atoms with Gasteiger partial charge in [0.05, 0.1) is 13.2 Å². The Bertz CT molecular complexity index is 283. The Kier molecular flexibility index (Phi) is 10.4. The lowest BCUT2D eigenvalue weighted by Crippen LogP contribution is -3.00. The summed E-state index contributed by atoms with van der Waals surface area (Å²) in [7, 11) is -0.483. The fourth-order valence-corrected chi connectivity index (χ4v) is 4.93. The minimum Gasteiger partial charge on any atom is -1.00 e. The third kappa shape index (κ3) is 6.19. The van der Waals surface area contributed by atoms with Gasteiger partial charge in [0.25, 0.3) is 0 Å².